The Hall–Kier alpha value is -1.90. The molecule has 0 spiro atoms. The van der Waals surface area contributed by atoms with Crippen LogP contribution in [0.4, 0.5) is 15.9 Å². The van der Waals surface area contributed by atoms with Crippen LogP contribution in [0.25, 0.3) is 10.9 Å². The number of thiol groups is 1. The second-order valence-electron chi connectivity index (χ2n) is 6.68. The van der Waals surface area contributed by atoms with Gasteiger partial charge in [-0.2, -0.15) is 24.4 Å². The number of fused-ring (bicyclic) bond motifs is 1. The van der Waals surface area contributed by atoms with Crippen molar-refractivity contribution in [3.8, 4) is 11.5 Å². The number of rotatable bonds is 10. The molecule has 1 aromatic heterocycles. The fourth-order valence-corrected chi connectivity index (χ4v) is 3.48. The van der Waals surface area contributed by atoms with E-state index < -0.39 is 5.82 Å². The zero-order valence-corrected chi connectivity index (χ0v) is 21.0. The van der Waals surface area contributed by atoms with Gasteiger partial charge >= 0.3 is 0 Å². The van der Waals surface area contributed by atoms with E-state index in [1.54, 1.807) is 13.2 Å². The molecule has 0 fully saturated rings. The van der Waals surface area contributed by atoms with E-state index in [-0.39, 0.29) is 27.3 Å². The van der Waals surface area contributed by atoms with Crippen molar-refractivity contribution >= 4 is 58.4 Å². The number of aromatic nitrogens is 2. The monoisotopic (exact) mass is 545 g/mol. The van der Waals surface area contributed by atoms with Crippen LogP contribution in [0.1, 0.15) is 49.0 Å². The molecule has 0 saturated heterocycles. The number of nitrogens with zero attached hydrogens (tertiary/aromatic N) is 2. The second-order valence-corrected chi connectivity index (χ2v) is 8.76. The molecule has 198 valence electrons. The molecule has 9 heteroatoms. The summed E-state index contributed by atoms with van der Waals surface area (Å²) in [4.78, 5) is 8.62. The highest BCUT2D eigenvalue weighted by Gasteiger charge is 2.12. The highest BCUT2D eigenvalue weighted by molar-refractivity contribution is 7.99. The van der Waals surface area contributed by atoms with Gasteiger partial charge in [-0.05, 0) is 48.6 Å². The van der Waals surface area contributed by atoms with Crippen molar-refractivity contribution in [1.82, 2.24) is 9.97 Å². The Labute approximate surface area is 226 Å². The summed E-state index contributed by atoms with van der Waals surface area (Å²) < 4.78 is 24.8. The third-order valence-electron chi connectivity index (χ3n) is 4.16. The minimum absolute atomic E-state index is 0. The van der Waals surface area contributed by atoms with Crippen LogP contribution >= 0.6 is 36.0 Å². The predicted octanol–water partition coefficient (Wildman–Crippen LogP) is 8.93. The van der Waals surface area contributed by atoms with Gasteiger partial charge in [0.2, 0.25) is 0 Å². The molecule has 0 aliphatic heterocycles. The average Bonchev–Trinajstić information content (AvgIpc) is 2.81. The van der Waals surface area contributed by atoms with Crippen molar-refractivity contribution in [3.63, 3.8) is 0 Å². The molecule has 1 heterocycles. The third kappa shape index (κ3) is 11.1. The van der Waals surface area contributed by atoms with Gasteiger partial charge in [-0.1, -0.05) is 47.7 Å². The minimum Gasteiger partial charge on any atom is -0.493 e. The molecule has 0 aliphatic carbocycles. The maximum absolute atomic E-state index is 13.4. The highest BCUT2D eigenvalue weighted by Crippen LogP contribution is 2.35. The number of hydrogen-bond donors (Lipinski definition) is 2. The number of methoxy groups -OCH3 is 1. The van der Waals surface area contributed by atoms with E-state index in [0.717, 1.165) is 29.1 Å². The topological polar surface area (TPSA) is 56.3 Å². The Morgan fingerprint density at radius 3 is 2.34 bits per heavy atom. The van der Waals surface area contributed by atoms with Crippen LogP contribution in [0.15, 0.2) is 36.7 Å². The summed E-state index contributed by atoms with van der Waals surface area (Å²) in [5.74, 6) is 4.37. The van der Waals surface area contributed by atoms with Crippen LogP contribution in [0.2, 0.25) is 5.02 Å². The lowest BCUT2D eigenvalue weighted by atomic mass is 10.2. The molecule has 0 bridgehead atoms. The van der Waals surface area contributed by atoms with Crippen molar-refractivity contribution in [2.75, 3.05) is 36.3 Å². The van der Waals surface area contributed by atoms with Crippen molar-refractivity contribution in [3.05, 3.63) is 47.5 Å². The van der Waals surface area contributed by atoms with Gasteiger partial charge < -0.3 is 14.8 Å². The number of hydrogen-bond acceptors (Lipinski definition) is 7. The Morgan fingerprint density at radius 1 is 1.03 bits per heavy atom. The molecule has 35 heavy (non-hydrogen) atoms. The van der Waals surface area contributed by atoms with Gasteiger partial charge in [-0.25, -0.2) is 14.4 Å². The highest BCUT2D eigenvalue weighted by atomic mass is 35.5. The summed E-state index contributed by atoms with van der Waals surface area (Å²) in [6.07, 6.45) is 3.78. The van der Waals surface area contributed by atoms with E-state index in [0.29, 0.717) is 35.1 Å². The number of anilines is 2. The van der Waals surface area contributed by atoms with Crippen molar-refractivity contribution in [1.29, 1.82) is 0 Å². The zero-order valence-electron chi connectivity index (χ0n) is 18.5. The first-order valence-electron chi connectivity index (χ1n) is 10.4. The van der Waals surface area contributed by atoms with Gasteiger partial charge in [0.1, 0.15) is 18.0 Å². The number of thioether (sulfide) groups is 1. The standard InChI is InChI=1S/C20H21ClFN3O2S.C3H8S.3CH4/c1-3-7-28-8-6-27-19-10-14-17(11-18(19)26-2)23-12-24-20(14)25-13-4-5-16(22)15(21)9-13;1-2-3-4;;;/h4-5,9-12H,3,6-8H2,1-2H3,(H,23,24,25);4H,2-3H2,1H3;3*1H4. The van der Waals surface area contributed by atoms with Crippen molar-refractivity contribution in [2.45, 2.75) is 49.0 Å². The van der Waals surface area contributed by atoms with Crippen LogP contribution in [-0.2, 0) is 0 Å². The number of ether oxygens (including phenoxy) is 2. The molecular weight excluding hydrogens is 505 g/mol. The van der Waals surface area contributed by atoms with Gasteiger partial charge in [0, 0.05) is 22.9 Å². The number of halogens is 2. The lowest BCUT2D eigenvalue weighted by Gasteiger charge is -2.14. The second kappa shape index (κ2) is 19.3. The van der Waals surface area contributed by atoms with Gasteiger partial charge in [0.05, 0.1) is 24.3 Å². The first-order chi connectivity index (χ1) is 15.5. The smallest absolute Gasteiger partial charge is 0.162 e. The van der Waals surface area contributed by atoms with Crippen LogP contribution in [-0.4, -0.2) is 40.9 Å². The molecule has 0 atom stereocenters. The maximum Gasteiger partial charge on any atom is 0.162 e. The lowest BCUT2D eigenvalue weighted by molar-refractivity contribution is 0.314. The predicted molar refractivity (Wildman–Crippen MR) is 158 cm³/mol. The van der Waals surface area contributed by atoms with E-state index in [1.165, 1.54) is 24.9 Å². The number of benzene rings is 2. The van der Waals surface area contributed by atoms with E-state index in [9.17, 15) is 4.39 Å². The average molecular weight is 546 g/mol. The molecule has 0 aliphatic rings. The first kappa shape index (κ1) is 35.3. The molecule has 0 amide bonds. The third-order valence-corrected chi connectivity index (χ3v) is 6.05. The molecule has 0 unspecified atom stereocenters. The molecule has 0 saturated carbocycles. The lowest BCUT2D eigenvalue weighted by Crippen LogP contribution is -2.03. The minimum atomic E-state index is -0.471. The van der Waals surface area contributed by atoms with E-state index >= 15 is 0 Å². The molecule has 1 N–H and O–H groups in total. The van der Waals surface area contributed by atoms with Crippen molar-refractivity contribution in [2.24, 2.45) is 0 Å². The Bertz CT molecular complexity index is 994. The summed E-state index contributed by atoms with van der Waals surface area (Å²) in [6.45, 7) is 4.84. The fourth-order valence-electron chi connectivity index (χ4n) is 2.60. The maximum atomic E-state index is 13.4. The van der Waals surface area contributed by atoms with E-state index in [1.807, 2.05) is 23.9 Å². The fraction of sp³-hybridized carbons (Fsp3) is 0.462. The van der Waals surface area contributed by atoms with E-state index in [2.05, 4.69) is 41.8 Å². The largest absolute Gasteiger partial charge is 0.493 e. The van der Waals surface area contributed by atoms with Crippen LogP contribution in [0.5, 0.6) is 11.5 Å². The van der Waals surface area contributed by atoms with Crippen LogP contribution in [0, 0.1) is 5.82 Å². The van der Waals surface area contributed by atoms with Gasteiger partial charge in [0.15, 0.2) is 11.5 Å². The van der Waals surface area contributed by atoms with Gasteiger partial charge in [0.25, 0.3) is 0 Å². The van der Waals surface area contributed by atoms with Crippen LogP contribution in [0.3, 0.4) is 0 Å². The Morgan fingerprint density at radius 2 is 1.74 bits per heavy atom. The first-order valence-corrected chi connectivity index (χ1v) is 12.6. The summed E-state index contributed by atoms with van der Waals surface area (Å²) >= 11 is 11.6. The molecule has 0 radical (unpaired) electrons. The van der Waals surface area contributed by atoms with E-state index in [4.69, 9.17) is 21.1 Å². The molecule has 3 rings (SSSR count). The Kier molecular flexibility index (Phi) is 19.5. The summed E-state index contributed by atoms with van der Waals surface area (Å²) in [5, 5.41) is 3.97. The zero-order chi connectivity index (χ0) is 23.3. The van der Waals surface area contributed by atoms with Crippen LogP contribution < -0.4 is 14.8 Å². The number of nitrogens with one attached hydrogen (secondary N) is 1. The van der Waals surface area contributed by atoms with Crippen molar-refractivity contribution < 1.29 is 13.9 Å². The molecular formula is C26H41ClFN3O2S2. The van der Waals surface area contributed by atoms with Gasteiger partial charge in [-0.3, -0.25) is 0 Å². The summed E-state index contributed by atoms with van der Waals surface area (Å²) in [7, 11) is 1.60. The summed E-state index contributed by atoms with van der Waals surface area (Å²) in [5.41, 5.74) is 1.33. The van der Waals surface area contributed by atoms with Gasteiger partial charge in [-0.15, -0.1) is 0 Å². The SMILES string of the molecule is C.C.C.CCCS.CCCSCCOc1cc2c(Nc3ccc(F)c(Cl)c3)ncnc2cc1OC. The summed E-state index contributed by atoms with van der Waals surface area (Å²) in [6, 6.07) is 8.08. The molecule has 2 aromatic carbocycles. The normalized spacial score (nSPS) is 9.54. The molecule has 5 nitrogen and oxygen atoms in total. The molecule has 3 aromatic rings. The quantitative estimate of drug-likeness (QED) is 0.196. The Balaban J connectivity index is 0.